The highest BCUT2D eigenvalue weighted by molar-refractivity contribution is 6.35. The second-order valence-electron chi connectivity index (χ2n) is 7.18. The topological polar surface area (TPSA) is 114 Å². The first-order chi connectivity index (χ1) is 13.6. The minimum absolute atomic E-state index is 0.117. The van der Waals surface area contributed by atoms with Crippen LogP contribution >= 0.6 is 0 Å². The summed E-state index contributed by atoms with van der Waals surface area (Å²) in [4.78, 5) is 27.1. The molecule has 5 N–H and O–H groups in total. The Bertz CT molecular complexity index is 955. The van der Waals surface area contributed by atoms with Crippen LogP contribution in [0.5, 0.6) is 0 Å². The van der Waals surface area contributed by atoms with Crippen LogP contribution in [-0.2, 0) is 11.2 Å². The number of carbonyl (C=O) groups is 2. The second kappa shape index (κ2) is 7.61. The molecule has 3 heterocycles. The lowest BCUT2D eigenvalue weighted by atomic mass is 9.85. The number of anilines is 1. The highest BCUT2D eigenvalue weighted by atomic mass is 16.4. The number of aliphatic hydroxyl groups is 1. The number of H-pyrrole nitrogens is 1. The quantitative estimate of drug-likeness (QED) is 0.510. The molecule has 0 atom stereocenters. The van der Waals surface area contributed by atoms with Crippen LogP contribution in [0.4, 0.5) is 5.69 Å². The van der Waals surface area contributed by atoms with Gasteiger partial charge in [-0.2, -0.15) is 0 Å². The summed E-state index contributed by atoms with van der Waals surface area (Å²) in [5.41, 5.74) is 4.54. The lowest BCUT2D eigenvalue weighted by Gasteiger charge is -2.25. The van der Waals surface area contributed by atoms with E-state index in [-0.39, 0.29) is 24.5 Å². The van der Waals surface area contributed by atoms with E-state index in [0.29, 0.717) is 22.7 Å². The number of hydrogen-bond acceptors (Lipinski definition) is 4. The number of hydrogen-bond donors (Lipinski definition) is 5. The van der Waals surface area contributed by atoms with E-state index in [9.17, 15) is 19.8 Å². The van der Waals surface area contributed by atoms with Gasteiger partial charge in [-0.05, 0) is 61.5 Å². The Kier molecular flexibility index (Phi) is 5.02. The van der Waals surface area contributed by atoms with Crippen LogP contribution in [0.15, 0.2) is 24.4 Å². The number of carbonyl (C=O) groups excluding carboxylic acids is 1. The van der Waals surface area contributed by atoms with Crippen LogP contribution in [0.2, 0.25) is 0 Å². The molecule has 146 valence electrons. The molecule has 0 radical (unpaired) electrons. The van der Waals surface area contributed by atoms with Gasteiger partial charge in [-0.1, -0.05) is 12.1 Å². The van der Waals surface area contributed by atoms with Gasteiger partial charge in [0.1, 0.15) is 0 Å². The number of aromatic nitrogens is 1. The van der Waals surface area contributed by atoms with E-state index in [1.165, 1.54) is 6.20 Å². The molecular weight excluding hydrogens is 358 g/mol. The molecule has 0 saturated carbocycles. The average molecular weight is 381 g/mol. The monoisotopic (exact) mass is 381 g/mol. The summed E-state index contributed by atoms with van der Waals surface area (Å²) in [7, 11) is 0. The van der Waals surface area contributed by atoms with E-state index in [2.05, 4.69) is 21.7 Å². The van der Waals surface area contributed by atoms with Crippen molar-refractivity contribution in [3.05, 3.63) is 52.3 Å². The van der Waals surface area contributed by atoms with Crippen LogP contribution in [0.25, 0.3) is 11.6 Å². The minimum atomic E-state index is -1.06. The Hall–Kier alpha value is -2.90. The van der Waals surface area contributed by atoms with Gasteiger partial charge in [0.05, 0.1) is 11.1 Å². The van der Waals surface area contributed by atoms with Gasteiger partial charge < -0.3 is 25.8 Å². The molecule has 7 heteroatoms. The van der Waals surface area contributed by atoms with E-state index in [0.717, 1.165) is 42.7 Å². The second-order valence-corrected chi connectivity index (χ2v) is 7.18. The number of aliphatic hydroxyl groups excluding tert-OH is 1. The van der Waals surface area contributed by atoms with Crippen LogP contribution in [0.3, 0.4) is 0 Å². The van der Waals surface area contributed by atoms with Gasteiger partial charge in [0.2, 0.25) is 0 Å². The molecule has 0 unspecified atom stereocenters. The minimum Gasteiger partial charge on any atom is -0.478 e. The number of fused-ring (bicyclic) bond motifs is 1. The normalized spacial score (nSPS) is 18.3. The number of aromatic amines is 1. The van der Waals surface area contributed by atoms with Crippen molar-refractivity contribution in [3.63, 3.8) is 0 Å². The lowest BCUT2D eigenvalue weighted by Crippen LogP contribution is -2.27. The number of aromatic carboxylic acids is 1. The van der Waals surface area contributed by atoms with Crippen molar-refractivity contribution in [3.8, 4) is 0 Å². The van der Waals surface area contributed by atoms with Crippen molar-refractivity contribution < 1.29 is 19.8 Å². The zero-order valence-electron chi connectivity index (χ0n) is 15.4. The summed E-state index contributed by atoms with van der Waals surface area (Å²) in [5.74, 6) is -0.878. The fraction of sp³-hybridized carbons (Fsp3) is 0.333. The van der Waals surface area contributed by atoms with E-state index in [1.807, 2.05) is 12.1 Å². The molecule has 1 fully saturated rings. The summed E-state index contributed by atoms with van der Waals surface area (Å²) in [5, 5.41) is 25.0. The first-order valence-corrected chi connectivity index (χ1v) is 9.51. The van der Waals surface area contributed by atoms with Crippen molar-refractivity contribution in [2.75, 3.05) is 25.0 Å². The third-order valence-electron chi connectivity index (χ3n) is 5.54. The van der Waals surface area contributed by atoms with Crippen LogP contribution < -0.4 is 10.6 Å². The average Bonchev–Trinajstić information content (AvgIpc) is 3.24. The zero-order chi connectivity index (χ0) is 19.7. The van der Waals surface area contributed by atoms with Gasteiger partial charge in [0, 0.05) is 29.7 Å². The Morgan fingerprint density at radius 3 is 2.75 bits per heavy atom. The summed E-state index contributed by atoms with van der Waals surface area (Å²) in [6, 6.07) is 5.94. The highest BCUT2D eigenvalue weighted by Gasteiger charge is 2.30. The van der Waals surface area contributed by atoms with Gasteiger partial charge in [-0.3, -0.25) is 4.79 Å². The molecule has 0 aliphatic carbocycles. The van der Waals surface area contributed by atoms with Crippen molar-refractivity contribution >= 4 is 29.2 Å². The van der Waals surface area contributed by atoms with E-state index >= 15 is 0 Å². The summed E-state index contributed by atoms with van der Waals surface area (Å²) in [6.07, 6.45) is 5.35. The van der Waals surface area contributed by atoms with E-state index in [1.54, 1.807) is 6.08 Å². The highest BCUT2D eigenvalue weighted by Crippen LogP contribution is 2.41. The smallest absolute Gasteiger partial charge is 0.337 e. The number of benzene rings is 1. The van der Waals surface area contributed by atoms with E-state index in [4.69, 9.17) is 0 Å². The Morgan fingerprint density at radius 2 is 2.04 bits per heavy atom. The van der Waals surface area contributed by atoms with Crippen molar-refractivity contribution in [1.82, 2.24) is 10.3 Å². The van der Waals surface area contributed by atoms with Gasteiger partial charge in [-0.25, -0.2) is 4.79 Å². The maximum absolute atomic E-state index is 12.7. The predicted octanol–water partition coefficient (Wildman–Crippen LogP) is 2.21. The molecule has 1 aromatic heterocycles. The van der Waals surface area contributed by atoms with Crippen LogP contribution in [0.1, 0.15) is 51.5 Å². The molecule has 4 rings (SSSR count). The number of nitrogens with one attached hydrogen (secondary N) is 3. The van der Waals surface area contributed by atoms with Gasteiger partial charge >= 0.3 is 5.97 Å². The fourth-order valence-corrected chi connectivity index (χ4v) is 4.20. The first kappa shape index (κ1) is 18.5. The molecule has 2 aliphatic rings. The number of amides is 1. The van der Waals surface area contributed by atoms with Crippen LogP contribution in [0, 0.1) is 0 Å². The van der Waals surface area contributed by atoms with Crippen LogP contribution in [-0.4, -0.2) is 46.8 Å². The van der Waals surface area contributed by atoms with Gasteiger partial charge in [0.15, 0.2) is 0 Å². The van der Waals surface area contributed by atoms with Gasteiger partial charge in [0.25, 0.3) is 5.91 Å². The molecule has 1 saturated heterocycles. The maximum Gasteiger partial charge on any atom is 0.337 e. The molecule has 1 amide bonds. The lowest BCUT2D eigenvalue weighted by molar-refractivity contribution is -0.110. The van der Waals surface area contributed by atoms with E-state index < -0.39 is 5.97 Å². The molecule has 1 aromatic carbocycles. The largest absolute Gasteiger partial charge is 0.478 e. The number of rotatable bonds is 5. The Balaban J connectivity index is 1.81. The SMILES string of the molecule is O=C1Nc2cccc(C3CCNCC3)c2/C1=C/c1[nH]cc(C(=O)O)c1CCO. The molecule has 28 heavy (non-hydrogen) atoms. The standard InChI is InChI=1S/C21H23N3O4/c25-9-6-14-16(21(27)28)11-23-18(14)10-15-19-13(12-4-7-22-8-5-12)2-1-3-17(19)24-20(15)26/h1-3,10-12,22-23,25H,4-9H2,(H,24,26)(H,27,28)/b15-10-. The molecule has 0 bridgehead atoms. The van der Waals surface area contributed by atoms with Crippen molar-refractivity contribution in [2.24, 2.45) is 0 Å². The number of carboxylic acid groups (broad SMARTS) is 1. The molecule has 2 aliphatic heterocycles. The number of carboxylic acids is 1. The molecule has 0 spiro atoms. The third-order valence-corrected chi connectivity index (χ3v) is 5.54. The van der Waals surface area contributed by atoms with Crippen molar-refractivity contribution in [1.29, 1.82) is 0 Å². The fourth-order valence-electron chi connectivity index (χ4n) is 4.20. The van der Waals surface area contributed by atoms with Crippen molar-refractivity contribution in [2.45, 2.75) is 25.2 Å². The molecule has 7 nitrogen and oxygen atoms in total. The zero-order valence-corrected chi connectivity index (χ0v) is 15.4. The maximum atomic E-state index is 12.7. The summed E-state index contributed by atoms with van der Waals surface area (Å²) < 4.78 is 0. The Labute approximate surface area is 162 Å². The molecular formula is C21H23N3O4. The Morgan fingerprint density at radius 1 is 1.25 bits per heavy atom. The molecule has 2 aromatic rings. The predicted molar refractivity (Wildman–Crippen MR) is 106 cm³/mol. The number of piperidine rings is 1. The third kappa shape index (κ3) is 3.23. The van der Waals surface area contributed by atoms with Gasteiger partial charge in [-0.15, -0.1) is 0 Å². The first-order valence-electron chi connectivity index (χ1n) is 9.51. The summed E-state index contributed by atoms with van der Waals surface area (Å²) >= 11 is 0. The summed E-state index contributed by atoms with van der Waals surface area (Å²) in [6.45, 7) is 1.74.